The number of rotatable bonds is 3. The first-order chi connectivity index (χ1) is 16.1. The third-order valence-corrected chi connectivity index (χ3v) is 7.65. The quantitative estimate of drug-likeness (QED) is 0.756. The molecule has 7 heteroatoms. The molecule has 0 radical (unpaired) electrons. The van der Waals surface area contributed by atoms with Gasteiger partial charge in [0.05, 0.1) is 29.3 Å². The summed E-state index contributed by atoms with van der Waals surface area (Å²) in [6, 6.07) is 10.6. The van der Waals surface area contributed by atoms with Crippen LogP contribution in [0.2, 0.25) is 0 Å². The number of nitrogens with one attached hydrogen (secondary N) is 2. The number of carbonyl (C=O) groups is 1. The maximum absolute atomic E-state index is 13.8. The van der Waals surface area contributed by atoms with Crippen molar-refractivity contribution in [3.05, 3.63) is 76.9 Å². The van der Waals surface area contributed by atoms with Crippen molar-refractivity contribution in [2.45, 2.75) is 50.2 Å². The summed E-state index contributed by atoms with van der Waals surface area (Å²) in [6.07, 6.45) is 7.57. The first-order valence-corrected chi connectivity index (χ1v) is 11.6. The fraction of sp³-hybridized carbons (Fsp3) is 0.385. The van der Waals surface area contributed by atoms with E-state index in [4.69, 9.17) is 4.74 Å². The number of ether oxygens (including phenoxy) is 1. The molecule has 7 nitrogen and oxygen atoms in total. The van der Waals surface area contributed by atoms with Crippen LogP contribution in [0.15, 0.2) is 76.0 Å². The van der Waals surface area contributed by atoms with Crippen LogP contribution in [0.25, 0.3) is 11.1 Å². The van der Waals surface area contributed by atoms with Gasteiger partial charge in [-0.05, 0) is 54.2 Å². The van der Waals surface area contributed by atoms with Gasteiger partial charge in [-0.3, -0.25) is 9.78 Å². The van der Waals surface area contributed by atoms with Crippen LogP contribution >= 0.6 is 0 Å². The Hall–Kier alpha value is -3.32. The zero-order chi connectivity index (χ0) is 22.6. The Bertz CT molecular complexity index is 1240. The summed E-state index contributed by atoms with van der Waals surface area (Å²) < 4.78 is 5.67. The van der Waals surface area contributed by atoms with Crippen molar-refractivity contribution in [3.8, 4) is 11.1 Å². The summed E-state index contributed by atoms with van der Waals surface area (Å²) in [6.45, 7) is 5.43. The lowest BCUT2D eigenvalue weighted by Gasteiger charge is -2.48. The molecule has 4 aliphatic heterocycles. The van der Waals surface area contributed by atoms with E-state index in [9.17, 15) is 4.79 Å². The highest BCUT2D eigenvalue weighted by atomic mass is 16.5. The Morgan fingerprint density at radius 2 is 2.18 bits per heavy atom. The first-order valence-electron chi connectivity index (χ1n) is 11.6. The average molecular weight is 442 g/mol. The predicted molar refractivity (Wildman–Crippen MR) is 124 cm³/mol. The van der Waals surface area contributed by atoms with Gasteiger partial charge >= 0.3 is 0 Å². The minimum atomic E-state index is -0.600. The van der Waals surface area contributed by atoms with Crippen LogP contribution in [0.1, 0.15) is 37.3 Å². The fourth-order valence-corrected chi connectivity index (χ4v) is 6.03. The maximum Gasteiger partial charge on any atom is 0.250 e. The average Bonchev–Trinajstić information content (AvgIpc) is 3.47. The molecule has 1 aromatic heterocycles. The van der Waals surface area contributed by atoms with Crippen molar-refractivity contribution in [3.63, 3.8) is 0 Å². The molecule has 168 valence electrons. The van der Waals surface area contributed by atoms with Crippen LogP contribution < -0.4 is 10.6 Å². The van der Waals surface area contributed by atoms with Gasteiger partial charge in [-0.2, -0.15) is 10.2 Å². The highest BCUT2D eigenvalue weighted by Crippen LogP contribution is 2.52. The summed E-state index contributed by atoms with van der Waals surface area (Å²) in [5.74, 6) is -0.0205. The largest absolute Gasteiger partial charge is 0.379 e. The first kappa shape index (κ1) is 20.3. The molecule has 33 heavy (non-hydrogen) atoms. The number of fused-ring (bicyclic) bond motifs is 1. The lowest BCUT2D eigenvalue weighted by atomic mass is 9.61. The number of nitrogens with zero attached hydrogens (tertiary/aromatic N) is 3. The molecule has 0 aliphatic carbocycles. The van der Waals surface area contributed by atoms with Gasteiger partial charge in [0.25, 0.3) is 5.91 Å². The van der Waals surface area contributed by atoms with E-state index >= 15 is 0 Å². The van der Waals surface area contributed by atoms with Gasteiger partial charge in [0.1, 0.15) is 0 Å². The fourth-order valence-electron chi connectivity index (χ4n) is 6.03. The summed E-state index contributed by atoms with van der Waals surface area (Å²) in [4.78, 5) is 18.0. The Kier molecular flexibility index (Phi) is 4.52. The summed E-state index contributed by atoms with van der Waals surface area (Å²) in [7, 11) is 0. The molecule has 1 saturated heterocycles. The zero-order valence-electron chi connectivity index (χ0n) is 18.9. The molecule has 1 amide bonds. The van der Waals surface area contributed by atoms with Crippen LogP contribution in [-0.2, 0) is 14.9 Å². The van der Waals surface area contributed by atoms with Crippen molar-refractivity contribution in [2.24, 2.45) is 10.2 Å². The number of benzene rings is 1. The molecule has 3 atom stereocenters. The Morgan fingerprint density at radius 1 is 1.27 bits per heavy atom. The van der Waals surface area contributed by atoms with Gasteiger partial charge in [-0.25, -0.2) is 0 Å². The highest BCUT2D eigenvalue weighted by Gasteiger charge is 2.55. The van der Waals surface area contributed by atoms with E-state index < -0.39 is 5.41 Å². The second-order valence-corrected chi connectivity index (χ2v) is 9.46. The number of amides is 1. The molecule has 1 fully saturated rings. The number of hydrogen-bond donors (Lipinski definition) is 2. The molecule has 2 aromatic rings. The number of carbonyl (C=O) groups excluding carboxylic acids is 1. The smallest absolute Gasteiger partial charge is 0.250 e. The number of hydrogen-bond acceptors (Lipinski definition) is 6. The molecule has 6 rings (SSSR count). The molecule has 1 spiro atoms. The van der Waals surface area contributed by atoms with Crippen LogP contribution in [0.5, 0.6) is 0 Å². The normalized spacial score (nSPS) is 30.1. The minimum absolute atomic E-state index is 0.0205. The van der Waals surface area contributed by atoms with Crippen molar-refractivity contribution in [2.75, 3.05) is 13.2 Å². The molecule has 1 aromatic carbocycles. The topological polar surface area (TPSA) is 88.0 Å². The monoisotopic (exact) mass is 441 g/mol. The van der Waals surface area contributed by atoms with Crippen LogP contribution in [0, 0.1) is 6.92 Å². The molecule has 1 unspecified atom stereocenters. The maximum atomic E-state index is 13.8. The van der Waals surface area contributed by atoms with Gasteiger partial charge in [0.2, 0.25) is 0 Å². The lowest BCUT2D eigenvalue weighted by Crippen LogP contribution is -2.60. The van der Waals surface area contributed by atoms with Gasteiger partial charge in [0.15, 0.2) is 6.17 Å². The third-order valence-electron chi connectivity index (χ3n) is 7.65. The van der Waals surface area contributed by atoms with E-state index in [1.54, 1.807) is 0 Å². The Balaban J connectivity index is 1.55. The third kappa shape index (κ3) is 2.92. The lowest BCUT2D eigenvalue weighted by molar-refractivity contribution is -0.121. The molecule has 0 bridgehead atoms. The van der Waals surface area contributed by atoms with E-state index in [2.05, 4.69) is 64.0 Å². The molecule has 0 saturated carbocycles. The SMILES string of the molecule is CC[C@]1(c2cccc(-c3ccncc3C)c2)C2=CN=NC2NC2=C1C(=O)N[C@]1(CCOC1)C2. The van der Waals surface area contributed by atoms with E-state index in [1.165, 1.54) is 0 Å². The number of aryl methyl sites for hydroxylation is 1. The van der Waals surface area contributed by atoms with Gasteiger partial charge in [-0.1, -0.05) is 25.1 Å². The minimum Gasteiger partial charge on any atom is -0.379 e. The second kappa shape index (κ2) is 7.35. The molecule has 5 heterocycles. The number of azo groups is 1. The van der Waals surface area contributed by atoms with E-state index in [0.717, 1.165) is 58.4 Å². The van der Waals surface area contributed by atoms with Crippen molar-refractivity contribution >= 4 is 5.91 Å². The van der Waals surface area contributed by atoms with Crippen LogP contribution in [0.4, 0.5) is 0 Å². The number of aromatic nitrogens is 1. The van der Waals surface area contributed by atoms with E-state index in [0.29, 0.717) is 13.2 Å². The van der Waals surface area contributed by atoms with Crippen molar-refractivity contribution < 1.29 is 9.53 Å². The Morgan fingerprint density at radius 3 is 2.97 bits per heavy atom. The molecular formula is C26H27N5O2. The van der Waals surface area contributed by atoms with E-state index in [-0.39, 0.29) is 17.6 Å². The van der Waals surface area contributed by atoms with Crippen molar-refractivity contribution in [1.29, 1.82) is 0 Å². The molecular weight excluding hydrogens is 414 g/mol. The van der Waals surface area contributed by atoms with Crippen molar-refractivity contribution in [1.82, 2.24) is 15.6 Å². The van der Waals surface area contributed by atoms with Crippen LogP contribution in [0.3, 0.4) is 0 Å². The Labute approximate surface area is 193 Å². The zero-order valence-corrected chi connectivity index (χ0v) is 18.9. The number of pyridine rings is 1. The standard InChI is InChI=1S/C26H27N5O2/c1-3-26(18-6-4-5-17(11-18)19-7-9-27-13-16(19)2)20-14-28-31-23(20)29-21-12-25(8-10-33-15-25)30-24(32)22(21)26/h4-7,9,11,13-14,23,29H,3,8,10,12,15H2,1-2H3,(H,30,32)/t23?,25-,26+/m1/s1. The highest BCUT2D eigenvalue weighted by molar-refractivity contribution is 6.00. The van der Waals surface area contributed by atoms with Gasteiger partial charge in [-0.15, -0.1) is 0 Å². The van der Waals surface area contributed by atoms with Gasteiger partial charge < -0.3 is 15.4 Å². The molecule has 2 N–H and O–H groups in total. The summed E-state index contributed by atoms with van der Waals surface area (Å²) in [5.41, 5.74) is 6.31. The second-order valence-electron chi connectivity index (χ2n) is 9.46. The summed E-state index contributed by atoms with van der Waals surface area (Å²) in [5, 5.41) is 15.6. The molecule has 4 aliphatic rings. The van der Waals surface area contributed by atoms with Crippen LogP contribution in [-0.4, -0.2) is 35.8 Å². The van der Waals surface area contributed by atoms with E-state index in [1.807, 2.05) is 24.7 Å². The predicted octanol–water partition coefficient (Wildman–Crippen LogP) is 3.92. The summed E-state index contributed by atoms with van der Waals surface area (Å²) >= 11 is 0. The van der Waals surface area contributed by atoms with Gasteiger partial charge in [0, 0.05) is 36.7 Å².